The van der Waals surface area contributed by atoms with Gasteiger partial charge in [-0.1, -0.05) is 20.8 Å². The van der Waals surface area contributed by atoms with E-state index >= 15 is 0 Å². The first-order chi connectivity index (χ1) is 8.31. The van der Waals surface area contributed by atoms with E-state index < -0.39 is 16.3 Å². The van der Waals surface area contributed by atoms with E-state index in [1.807, 2.05) is 13.8 Å². The molecule has 1 rings (SSSR count). The number of nitrogens with one attached hydrogen (secondary N) is 1. The number of hydrogen-bond acceptors (Lipinski definition) is 3. The SMILES string of the molecule is CC(C)CC(O)CNS(=O)(=O)N1CCCC(C)C1. The molecule has 0 amide bonds. The second kappa shape index (κ2) is 6.84. The van der Waals surface area contributed by atoms with E-state index in [0.717, 1.165) is 12.8 Å². The van der Waals surface area contributed by atoms with Crippen molar-refractivity contribution in [1.29, 1.82) is 0 Å². The van der Waals surface area contributed by atoms with E-state index in [1.54, 1.807) is 0 Å². The molecule has 1 heterocycles. The van der Waals surface area contributed by atoms with Crippen LogP contribution in [0.1, 0.15) is 40.0 Å². The minimum Gasteiger partial charge on any atom is -0.392 e. The molecule has 0 aromatic carbocycles. The van der Waals surface area contributed by atoms with Crippen molar-refractivity contribution in [3.8, 4) is 0 Å². The average molecular weight is 278 g/mol. The number of nitrogens with zero attached hydrogens (tertiary/aromatic N) is 1. The zero-order valence-electron chi connectivity index (χ0n) is 11.6. The van der Waals surface area contributed by atoms with Gasteiger partial charge in [0, 0.05) is 19.6 Å². The first kappa shape index (κ1) is 15.9. The Morgan fingerprint density at radius 3 is 2.67 bits per heavy atom. The molecule has 0 aromatic heterocycles. The summed E-state index contributed by atoms with van der Waals surface area (Å²) in [6, 6.07) is 0. The van der Waals surface area contributed by atoms with Crippen LogP contribution in [0.4, 0.5) is 0 Å². The molecule has 0 bridgehead atoms. The van der Waals surface area contributed by atoms with E-state index in [1.165, 1.54) is 4.31 Å². The second-order valence-corrected chi connectivity index (χ2v) is 7.50. The van der Waals surface area contributed by atoms with Gasteiger partial charge in [-0.05, 0) is 31.1 Å². The standard InChI is InChI=1S/C12H26N2O3S/c1-10(2)7-12(15)8-13-18(16,17)14-6-4-5-11(3)9-14/h10-13,15H,4-9H2,1-3H3. The molecule has 2 atom stereocenters. The number of hydrogen-bond donors (Lipinski definition) is 2. The summed E-state index contributed by atoms with van der Waals surface area (Å²) < 4.78 is 28.0. The molecule has 1 aliphatic rings. The summed E-state index contributed by atoms with van der Waals surface area (Å²) in [4.78, 5) is 0. The lowest BCUT2D eigenvalue weighted by molar-refractivity contribution is 0.151. The summed E-state index contributed by atoms with van der Waals surface area (Å²) in [6.07, 6.45) is 2.00. The van der Waals surface area contributed by atoms with Crippen LogP contribution in [-0.2, 0) is 10.2 Å². The maximum Gasteiger partial charge on any atom is 0.279 e. The van der Waals surface area contributed by atoms with Crippen molar-refractivity contribution in [2.45, 2.75) is 46.1 Å². The van der Waals surface area contributed by atoms with Crippen molar-refractivity contribution in [3.63, 3.8) is 0 Å². The average Bonchev–Trinajstić information content (AvgIpc) is 2.26. The van der Waals surface area contributed by atoms with Crippen LogP contribution in [0, 0.1) is 11.8 Å². The zero-order valence-corrected chi connectivity index (χ0v) is 12.4. The molecule has 0 aliphatic carbocycles. The van der Waals surface area contributed by atoms with Crippen molar-refractivity contribution in [3.05, 3.63) is 0 Å². The Hall–Kier alpha value is -0.170. The fraction of sp³-hybridized carbons (Fsp3) is 1.00. The predicted octanol–water partition coefficient (Wildman–Crippen LogP) is 0.960. The first-order valence-electron chi connectivity index (χ1n) is 6.74. The van der Waals surface area contributed by atoms with E-state index in [0.29, 0.717) is 31.3 Å². The third-order valence-electron chi connectivity index (χ3n) is 3.20. The van der Waals surface area contributed by atoms with E-state index in [9.17, 15) is 13.5 Å². The van der Waals surface area contributed by atoms with Crippen LogP contribution in [-0.4, -0.2) is 43.6 Å². The van der Waals surface area contributed by atoms with Gasteiger partial charge in [-0.25, -0.2) is 0 Å². The summed E-state index contributed by atoms with van der Waals surface area (Å²) in [6.45, 7) is 7.34. The van der Waals surface area contributed by atoms with Gasteiger partial charge in [0.2, 0.25) is 0 Å². The Balaban J connectivity index is 2.44. The summed E-state index contributed by atoms with van der Waals surface area (Å²) in [5.41, 5.74) is 0. The molecule has 1 saturated heterocycles. The number of rotatable bonds is 6. The van der Waals surface area contributed by atoms with E-state index in [2.05, 4.69) is 11.6 Å². The highest BCUT2D eigenvalue weighted by molar-refractivity contribution is 7.87. The minimum absolute atomic E-state index is 0.103. The summed E-state index contributed by atoms with van der Waals surface area (Å²) >= 11 is 0. The van der Waals surface area contributed by atoms with Crippen molar-refractivity contribution in [2.75, 3.05) is 19.6 Å². The third kappa shape index (κ3) is 5.22. The highest BCUT2D eigenvalue weighted by atomic mass is 32.2. The van der Waals surface area contributed by atoms with Gasteiger partial charge in [0.25, 0.3) is 10.2 Å². The van der Waals surface area contributed by atoms with Crippen LogP contribution >= 0.6 is 0 Å². The molecule has 2 unspecified atom stereocenters. The van der Waals surface area contributed by atoms with E-state index in [4.69, 9.17) is 0 Å². The van der Waals surface area contributed by atoms with Crippen LogP contribution in [0.25, 0.3) is 0 Å². The molecule has 0 saturated carbocycles. The molecule has 0 spiro atoms. The van der Waals surface area contributed by atoms with Crippen LogP contribution in [0.5, 0.6) is 0 Å². The third-order valence-corrected chi connectivity index (χ3v) is 4.75. The minimum atomic E-state index is -3.42. The van der Waals surface area contributed by atoms with Crippen molar-refractivity contribution in [2.24, 2.45) is 11.8 Å². The highest BCUT2D eigenvalue weighted by Gasteiger charge is 2.27. The Bertz CT molecular complexity index is 343. The fourth-order valence-corrected chi connectivity index (χ4v) is 3.69. The van der Waals surface area contributed by atoms with Crippen molar-refractivity contribution >= 4 is 10.2 Å². The monoisotopic (exact) mass is 278 g/mol. The number of piperidine rings is 1. The zero-order chi connectivity index (χ0) is 13.8. The van der Waals surface area contributed by atoms with Gasteiger partial charge >= 0.3 is 0 Å². The fourth-order valence-electron chi connectivity index (χ4n) is 2.28. The predicted molar refractivity (Wildman–Crippen MR) is 72.4 cm³/mol. The van der Waals surface area contributed by atoms with E-state index in [-0.39, 0.29) is 6.54 Å². The normalized spacial score (nSPS) is 24.4. The van der Waals surface area contributed by atoms with Crippen molar-refractivity contribution in [1.82, 2.24) is 9.03 Å². The quantitative estimate of drug-likeness (QED) is 0.760. The van der Waals surface area contributed by atoms with Gasteiger partial charge in [0.05, 0.1) is 6.10 Å². The number of aliphatic hydroxyl groups is 1. The summed E-state index contributed by atoms with van der Waals surface area (Å²) in [7, 11) is -3.42. The van der Waals surface area contributed by atoms with Gasteiger partial charge in [0.1, 0.15) is 0 Å². The molecule has 0 aromatic rings. The number of aliphatic hydroxyl groups excluding tert-OH is 1. The van der Waals surface area contributed by atoms with Gasteiger partial charge in [-0.15, -0.1) is 0 Å². The lowest BCUT2D eigenvalue weighted by Crippen LogP contribution is -2.47. The maximum absolute atomic E-state index is 12.0. The van der Waals surface area contributed by atoms with Gasteiger partial charge in [0.15, 0.2) is 0 Å². The first-order valence-corrected chi connectivity index (χ1v) is 8.18. The lowest BCUT2D eigenvalue weighted by Gasteiger charge is -2.30. The van der Waals surface area contributed by atoms with Gasteiger partial charge < -0.3 is 5.11 Å². The largest absolute Gasteiger partial charge is 0.392 e. The summed E-state index contributed by atoms with van der Waals surface area (Å²) in [5.74, 6) is 0.774. The Labute approximate surface area is 111 Å². The molecular formula is C12H26N2O3S. The Morgan fingerprint density at radius 1 is 1.44 bits per heavy atom. The Morgan fingerprint density at radius 2 is 2.11 bits per heavy atom. The smallest absolute Gasteiger partial charge is 0.279 e. The van der Waals surface area contributed by atoms with Crippen LogP contribution in [0.3, 0.4) is 0 Å². The molecule has 0 radical (unpaired) electrons. The van der Waals surface area contributed by atoms with Crippen LogP contribution in [0.15, 0.2) is 0 Å². The van der Waals surface area contributed by atoms with Crippen LogP contribution in [0.2, 0.25) is 0 Å². The molecule has 108 valence electrons. The van der Waals surface area contributed by atoms with Crippen LogP contribution < -0.4 is 4.72 Å². The molecule has 1 fully saturated rings. The molecule has 1 aliphatic heterocycles. The highest BCUT2D eigenvalue weighted by Crippen LogP contribution is 2.17. The maximum atomic E-state index is 12.0. The molecular weight excluding hydrogens is 252 g/mol. The molecule has 2 N–H and O–H groups in total. The van der Waals surface area contributed by atoms with Crippen molar-refractivity contribution < 1.29 is 13.5 Å². The summed E-state index contributed by atoms with van der Waals surface area (Å²) in [5, 5.41) is 9.69. The molecule has 5 nitrogen and oxygen atoms in total. The second-order valence-electron chi connectivity index (χ2n) is 5.74. The molecule has 6 heteroatoms. The van der Waals surface area contributed by atoms with Gasteiger partial charge in [-0.2, -0.15) is 17.4 Å². The van der Waals surface area contributed by atoms with Gasteiger partial charge in [-0.3, -0.25) is 0 Å². The lowest BCUT2D eigenvalue weighted by atomic mass is 10.0. The molecule has 18 heavy (non-hydrogen) atoms. The topological polar surface area (TPSA) is 69.6 Å². The Kier molecular flexibility index (Phi) is 6.04.